The molecule has 1 heterocycles. The van der Waals surface area contributed by atoms with Crippen LogP contribution in [0.1, 0.15) is 6.92 Å². The highest BCUT2D eigenvalue weighted by molar-refractivity contribution is 5.90. The van der Waals surface area contributed by atoms with Gasteiger partial charge in [-0.05, 0) is 55.5 Å². The molecular weight excluding hydrogens is 341 g/mol. The first-order valence-corrected chi connectivity index (χ1v) is 7.92. The summed E-state index contributed by atoms with van der Waals surface area (Å²) < 4.78 is 24.1. The van der Waals surface area contributed by atoms with Gasteiger partial charge in [-0.3, -0.25) is 9.32 Å². The van der Waals surface area contributed by atoms with Crippen molar-refractivity contribution >= 4 is 11.6 Å². The predicted molar refractivity (Wildman–Crippen MR) is 92.4 cm³/mol. The molecule has 26 heavy (non-hydrogen) atoms. The fourth-order valence-electron chi connectivity index (χ4n) is 2.36. The number of halogens is 1. The number of nitrogens with zero attached hydrogens (tertiary/aromatic N) is 2. The van der Waals surface area contributed by atoms with Crippen molar-refractivity contribution in [1.29, 1.82) is 0 Å². The second-order valence-corrected chi connectivity index (χ2v) is 5.37. The van der Waals surface area contributed by atoms with Crippen LogP contribution in [0.2, 0.25) is 0 Å². The van der Waals surface area contributed by atoms with Crippen LogP contribution in [0.25, 0.3) is 11.4 Å². The van der Waals surface area contributed by atoms with Gasteiger partial charge in [-0.15, -0.1) is 0 Å². The van der Waals surface area contributed by atoms with Crippen molar-refractivity contribution in [3.05, 3.63) is 64.9 Å². The van der Waals surface area contributed by atoms with Crippen molar-refractivity contribution in [3.8, 4) is 17.1 Å². The maximum Gasteiger partial charge on any atom is 0.442 e. The van der Waals surface area contributed by atoms with Crippen LogP contribution in [0, 0.1) is 5.82 Å². The van der Waals surface area contributed by atoms with Gasteiger partial charge in [-0.2, -0.15) is 0 Å². The van der Waals surface area contributed by atoms with Crippen LogP contribution in [0.15, 0.2) is 57.8 Å². The number of hydrogen-bond acceptors (Lipinski definition) is 5. The van der Waals surface area contributed by atoms with E-state index in [1.54, 1.807) is 24.3 Å². The molecule has 0 bridgehead atoms. The van der Waals surface area contributed by atoms with Crippen LogP contribution in [0.5, 0.6) is 5.75 Å². The van der Waals surface area contributed by atoms with Gasteiger partial charge in [0.05, 0.1) is 6.61 Å². The Balaban J connectivity index is 1.74. The molecule has 0 unspecified atom stereocenters. The van der Waals surface area contributed by atoms with Gasteiger partial charge in [0, 0.05) is 11.3 Å². The highest BCUT2D eigenvalue weighted by Gasteiger charge is 2.16. The molecule has 1 amide bonds. The summed E-state index contributed by atoms with van der Waals surface area (Å²) in [6.07, 6.45) is 0. The summed E-state index contributed by atoms with van der Waals surface area (Å²) >= 11 is 0. The van der Waals surface area contributed by atoms with Crippen LogP contribution in [-0.2, 0) is 11.3 Å². The molecule has 0 atom stereocenters. The normalized spacial score (nSPS) is 10.5. The second kappa shape index (κ2) is 7.64. The molecule has 0 spiro atoms. The van der Waals surface area contributed by atoms with E-state index in [9.17, 15) is 14.0 Å². The topological polar surface area (TPSA) is 86.4 Å². The van der Waals surface area contributed by atoms with Crippen LogP contribution in [-0.4, -0.2) is 22.2 Å². The molecule has 2 aromatic carbocycles. The highest BCUT2D eigenvalue weighted by atomic mass is 19.1. The van der Waals surface area contributed by atoms with E-state index >= 15 is 0 Å². The molecular formula is C18H16FN3O4. The Hall–Kier alpha value is -3.42. The van der Waals surface area contributed by atoms with Crippen molar-refractivity contribution < 1.29 is 18.4 Å². The highest BCUT2D eigenvalue weighted by Crippen LogP contribution is 2.18. The third kappa shape index (κ3) is 3.97. The van der Waals surface area contributed by atoms with Gasteiger partial charge in [0.25, 0.3) is 0 Å². The van der Waals surface area contributed by atoms with E-state index < -0.39 is 17.5 Å². The Labute approximate surface area is 148 Å². The van der Waals surface area contributed by atoms with Gasteiger partial charge in [0.2, 0.25) is 5.91 Å². The summed E-state index contributed by atoms with van der Waals surface area (Å²) in [6, 6.07) is 12.2. The van der Waals surface area contributed by atoms with E-state index in [0.29, 0.717) is 23.6 Å². The molecule has 0 aliphatic carbocycles. The molecule has 7 nitrogen and oxygen atoms in total. The summed E-state index contributed by atoms with van der Waals surface area (Å²) in [6.45, 7) is 2.14. The lowest BCUT2D eigenvalue weighted by Gasteiger charge is -2.08. The summed E-state index contributed by atoms with van der Waals surface area (Å²) in [5.74, 6) is -0.774. The molecule has 0 fully saturated rings. The Morgan fingerprint density at radius 2 is 1.88 bits per heavy atom. The predicted octanol–water partition coefficient (Wildman–Crippen LogP) is 2.68. The van der Waals surface area contributed by atoms with Crippen LogP contribution in [0.4, 0.5) is 10.1 Å². The number of amides is 1. The molecule has 134 valence electrons. The number of ether oxygens (including phenoxy) is 1. The van der Waals surface area contributed by atoms with E-state index in [2.05, 4.69) is 15.0 Å². The zero-order chi connectivity index (χ0) is 18.5. The number of benzene rings is 2. The van der Waals surface area contributed by atoms with Crippen LogP contribution in [0.3, 0.4) is 0 Å². The van der Waals surface area contributed by atoms with E-state index in [0.717, 1.165) is 4.57 Å². The Kier molecular flexibility index (Phi) is 5.12. The molecule has 0 saturated heterocycles. The minimum atomic E-state index is -0.772. The smallest absolute Gasteiger partial charge is 0.442 e. The molecule has 0 aliphatic heterocycles. The summed E-state index contributed by atoms with van der Waals surface area (Å²) in [4.78, 5) is 24.1. The number of carbonyl (C=O) groups is 1. The Bertz CT molecular complexity index is 946. The molecule has 0 radical (unpaired) electrons. The van der Waals surface area contributed by atoms with E-state index in [4.69, 9.17) is 4.74 Å². The van der Waals surface area contributed by atoms with Gasteiger partial charge in [0.1, 0.15) is 18.1 Å². The summed E-state index contributed by atoms with van der Waals surface area (Å²) in [5.41, 5.74) is 1.03. The van der Waals surface area contributed by atoms with E-state index in [1.165, 1.54) is 24.3 Å². The summed E-state index contributed by atoms with van der Waals surface area (Å²) in [5, 5.41) is 6.35. The maximum absolute atomic E-state index is 13.1. The van der Waals surface area contributed by atoms with Gasteiger partial charge in [-0.1, -0.05) is 5.16 Å². The lowest BCUT2D eigenvalue weighted by molar-refractivity contribution is -0.116. The zero-order valence-electron chi connectivity index (χ0n) is 13.9. The standard InChI is InChI=1S/C18H16FN3O4/c1-2-25-15-9-7-14(8-10-15)20-16(23)11-22-17(21-26-18(22)24)12-3-5-13(19)6-4-12/h3-10H,2,11H2,1H3,(H,20,23). The zero-order valence-corrected chi connectivity index (χ0v) is 13.9. The molecule has 1 aromatic heterocycles. The van der Waals surface area contributed by atoms with Gasteiger partial charge in [-0.25, -0.2) is 13.8 Å². The number of nitrogens with one attached hydrogen (secondary N) is 1. The van der Waals surface area contributed by atoms with Crippen LogP contribution >= 0.6 is 0 Å². The Morgan fingerprint density at radius 1 is 1.19 bits per heavy atom. The first kappa shape index (κ1) is 17.4. The first-order chi connectivity index (χ1) is 12.6. The average molecular weight is 357 g/mol. The fourth-order valence-corrected chi connectivity index (χ4v) is 2.36. The van der Waals surface area contributed by atoms with E-state index in [1.807, 2.05) is 6.92 Å². The lowest BCUT2D eigenvalue weighted by Crippen LogP contribution is -2.25. The largest absolute Gasteiger partial charge is 0.494 e. The van der Waals surface area contributed by atoms with E-state index in [-0.39, 0.29) is 12.4 Å². The van der Waals surface area contributed by atoms with Crippen LogP contribution < -0.4 is 15.8 Å². The summed E-state index contributed by atoms with van der Waals surface area (Å²) in [7, 11) is 0. The molecule has 0 saturated carbocycles. The third-order valence-electron chi connectivity index (χ3n) is 3.54. The minimum absolute atomic E-state index is 0.150. The molecule has 3 aromatic rings. The van der Waals surface area contributed by atoms with Crippen molar-refractivity contribution in [2.45, 2.75) is 13.5 Å². The second-order valence-electron chi connectivity index (χ2n) is 5.37. The van der Waals surface area contributed by atoms with Crippen molar-refractivity contribution in [2.75, 3.05) is 11.9 Å². The average Bonchev–Trinajstić information content (AvgIpc) is 2.98. The third-order valence-corrected chi connectivity index (χ3v) is 3.54. The van der Waals surface area contributed by atoms with Crippen molar-refractivity contribution in [1.82, 2.24) is 9.72 Å². The fraction of sp³-hybridized carbons (Fsp3) is 0.167. The molecule has 1 N–H and O–H groups in total. The molecule has 3 rings (SSSR count). The number of rotatable bonds is 6. The van der Waals surface area contributed by atoms with Gasteiger partial charge < -0.3 is 10.1 Å². The SMILES string of the molecule is CCOc1ccc(NC(=O)Cn2c(-c3ccc(F)cc3)noc2=O)cc1. The monoisotopic (exact) mass is 357 g/mol. The molecule has 0 aliphatic rings. The lowest BCUT2D eigenvalue weighted by atomic mass is 10.2. The maximum atomic E-state index is 13.1. The Morgan fingerprint density at radius 3 is 2.54 bits per heavy atom. The van der Waals surface area contributed by atoms with Gasteiger partial charge >= 0.3 is 5.76 Å². The molecule has 8 heteroatoms. The first-order valence-electron chi connectivity index (χ1n) is 7.92. The van der Waals surface area contributed by atoms with Gasteiger partial charge in [0.15, 0.2) is 5.82 Å². The number of hydrogen-bond donors (Lipinski definition) is 1. The number of carbonyl (C=O) groups excluding carboxylic acids is 1. The number of aromatic nitrogens is 2. The quantitative estimate of drug-likeness (QED) is 0.733. The number of anilines is 1. The minimum Gasteiger partial charge on any atom is -0.494 e. The van der Waals surface area contributed by atoms with Crippen molar-refractivity contribution in [2.24, 2.45) is 0 Å². The van der Waals surface area contributed by atoms with Crippen molar-refractivity contribution in [3.63, 3.8) is 0 Å².